The third-order valence-corrected chi connectivity index (χ3v) is 2.47. The number of urea groups is 1. The largest absolute Gasteiger partial charge is 0.478 e. The zero-order valence-corrected chi connectivity index (χ0v) is 11.6. The summed E-state index contributed by atoms with van der Waals surface area (Å²) in [5.74, 6) is -2.70. The van der Waals surface area contributed by atoms with Crippen molar-refractivity contribution in [2.45, 2.75) is 6.92 Å². The van der Waals surface area contributed by atoms with E-state index in [1.54, 1.807) is 6.92 Å². The van der Waals surface area contributed by atoms with Crippen LogP contribution in [-0.2, 0) is 9.53 Å². The van der Waals surface area contributed by atoms with E-state index < -0.39 is 23.8 Å². The number of likely N-dealkylation sites (N-methyl/N-ethyl adjacent to an activating group) is 1. The number of anilines is 1. The third-order valence-electron chi connectivity index (χ3n) is 2.47. The van der Waals surface area contributed by atoms with Gasteiger partial charge in [-0.05, 0) is 25.1 Å². The Morgan fingerprint density at radius 3 is 2.62 bits per heavy atom. The highest BCUT2D eigenvalue weighted by Gasteiger charge is 2.17. The van der Waals surface area contributed by atoms with E-state index in [1.165, 1.54) is 7.05 Å². The molecular formula is C13H15FN2O5. The maximum Gasteiger partial charge on any atom is 0.337 e. The highest BCUT2D eigenvalue weighted by Crippen LogP contribution is 2.17. The van der Waals surface area contributed by atoms with Gasteiger partial charge in [0.2, 0.25) is 0 Å². The smallest absolute Gasteiger partial charge is 0.337 e. The lowest BCUT2D eigenvalue weighted by Gasteiger charge is -2.17. The van der Waals surface area contributed by atoms with Gasteiger partial charge in [0.1, 0.15) is 12.4 Å². The molecule has 0 aliphatic rings. The molecular weight excluding hydrogens is 283 g/mol. The molecule has 0 unspecified atom stereocenters. The molecule has 2 amide bonds. The van der Waals surface area contributed by atoms with Crippen molar-refractivity contribution >= 4 is 23.7 Å². The van der Waals surface area contributed by atoms with Crippen molar-refractivity contribution in [2.24, 2.45) is 0 Å². The maximum absolute atomic E-state index is 13.0. The Bertz CT molecular complexity index is 561. The minimum atomic E-state index is -1.38. The van der Waals surface area contributed by atoms with Crippen LogP contribution in [0.15, 0.2) is 18.2 Å². The van der Waals surface area contributed by atoms with Crippen LogP contribution in [-0.4, -0.2) is 48.2 Å². The topological polar surface area (TPSA) is 95.9 Å². The van der Waals surface area contributed by atoms with Gasteiger partial charge in [0.25, 0.3) is 0 Å². The number of carboxylic acid groups (broad SMARTS) is 1. The Kier molecular flexibility index (Phi) is 5.65. The summed E-state index contributed by atoms with van der Waals surface area (Å²) in [7, 11) is 1.34. The molecule has 8 heteroatoms. The van der Waals surface area contributed by atoms with Gasteiger partial charge < -0.3 is 20.1 Å². The Morgan fingerprint density at radius 2 is 2.05 bits per heavy atom. The second-order valence-electron chi connectivity index (χ2n) is 4.09. The van der Waals surface area contributed by atoms with E-state index in [0.29, 0.717) is 0 Å². The third kappa shape index (κ3) is 4.75. The number of hydrogen-bond acceptors (Lipinski definition) is 4. The SMILES string of the molecule is CCOC(=O)CN(C)C(=O)Nc1ccc(F)cc1C(=O)O. The van der Waals surface area contributed by atoms with Gasteiger partial charge in [0, 0.05) is 7.05 Å². The van der Waals surface area contributed by atoms with Crippen LogP contribution in [0.3, 0.4) is 0 Å². The van der Waals surface area contributed by atoms with Crippen LogP contribution in [0.1, 0.15) is 17.3 Å². The molecule has 114 valence electrons. The lowest BCUT2D eigenvalue weighted by atomic mass is 10.1. The van der Waals surface area contributed by atoms with E-state index in [4.69, 9.17) is 5.11 Å². The molecule has 1 rings (SSSR count). The number of halogens is 1. The van der Waals surface area contributed by atoms with Crippen molar-refractivity contribution in [3.8, 4) is 0 Å². The van der Waals surface area contributed by atoms with E-state index in [2.05, 4.69) is 10.1 Å². The van der Waals surface area contributed by atoms with E-state index >= 15 is 0 Å². The van der Waals surface area contributed by atoms with Crippen LogP contribution in [0, 0.1) is 5.82 Å². The normalized spacial score (nSPS) is 9.86. The summed E-state index contributed by atoms with van der Waals surface area (Å²) in [6.45, 7) is 1.54. The van der Waals surface area contributed by atoms with Crippen LogP contribution >= 0.6 is 0 Å². The number of aromatic carboxylic acids is 1. The molecule has 2 N–H and O–H groups in total. The van der Waals surface area contributed by atoms with Crippen molar-refractivity contribution in [3.05, 3.63) is 29.6 Å². The first-order valence-corrected chi connectivity index (χ1v) is 6.05. The lowest BCUT2D eigenvalue weighted by Crippen LogP contribution is -2.36. The Morgan fingerprint density at radius 1 is 1.38 bits per heavy atom. The number of nitrogens with one attached hydrogen (secondary N) is 1. The zero-order chi connectivity index (χ0) is 16.0. The Labute approximate surface area is 120 Å². The molecule has 0 radical (unpaired) electrons. The summed E-state index contributed by atoms with van der Waals surface area (Å²) in [5, 5.41) is 11.2. The summed E-state index contributed by atoms with van der Waals surface area (Å²) < 4.78 is 17.7. The molecule has 7 nitrogen and oxygen atoms in total. The fraction of sp³-hybridized carbons (Fsp3) is 0.308. The number of carbonyl (C=O) groups is 3. The minimum Gasteiger partial charge on any atom is -0.478 e. The standard InChI is InChI=1S/C13H15FN2O5/c1-3-21-11(17)7-16(2)13(20)15-10-5-4-8(14)6-9(10)12(18)19/h4-6H,3,7H2,1-2H3,(H,15,20)(H,18,19). The van der Waals surface area contributed by atoms with Crippen molar-refractivity contribution in [3.63, 3.8) is 0 Å². The second-order valence-corrected chi connectivity index (χ2v) is 4.09. The number of hydrogen-bond donors (Lipinski definition) is 2. The summed E-state index contributed by atoms with van der Waals surface area (Å²) >= 11 is 0. The fourth-order valence-electron chi connectivity index (χ4n) is 1.49. The summed E-state index contributed by atoms with van der Waals surface area (Å²) in [5.41, 5.74) is -0.447. The van der Waals surface area contributed by atoms with Crippen molar-refractivity contribution < 1.29 is 28.6 Å². The number of ether oxygens (including phenoxy) is 1. The quantitative estimate of drug-likeness (QED) is 0.804. The van der Waals surface area contributed by atoms with Crippen LogP contribution in [0.5, 0.6) is 0 Å². The molecule has 0 spiro atoms. The fourth-order valence-corrected chi connectivity index (χ4v) is 1.49. The maximum atomic E-state index is 13.0. The van der Waals surface area contributed by atoms with Crippen molar-refractivity contribution in [2.75, 3.05) is 25.5 Å². The van der Waals surface area contributed by atoms with Gasteiger partial charge in [-0.3, -0.25) is 4.79 Å². The van der Waals surface area contributed by atoms with E-state index in [9.17, 15) is 18.8 Å². The molecule has 0 saturated heterocycles. The van der Waals surface area contributed by atoms with Crippen LogP contribution in [0.2, 0.25) is 0 Å². The molecule has 0 saturated carbocycles. The van der Waals surface area contributed by atoms with Crippen LogP contribution in [0.4, 0.5) is 14.9 Å². The zero-order valence-electron chi connectivity index (χ0n) is 11.6. The minimum absolute atomic E-state index is 0.0652. The van der Waals surface area contributed by atoms with Gasteiger partial charge in [0.15, 0.2) is 0 Å². The monoisotopic (exact) mass is 298 g/mol. The van der Waals surface area contributed by atoms with Crippen LogP contribution < -0.4 is 5.32 Å². The van der Waals surface area contributed by atoms with Gasteiger partial charge in [-0.1, -0.05) is 0 Å². The van der Waals surface area contributed by atoms with Gasteiger partial charge in [0.05, 0.1) is 17.9 Å². The lowest BCUT2D eigenvalue weighted by molar-refractivity contribution is -0.143. The average molecular weight is 298 g/mol. The highest BCUT2D eigenvalue weighted by molar-refractivity contribution is 6.00. The van der Waals surface area contributed by atoms with Gasteiger partial charge in [-0.25, -0.2) is 14.0 Å². The molecule has 0 bridgehead atoms. The molecule has 0 aliphatic carbocycles. The molecule has 0 atom stereocenters. The van der Waals surface area contributed by atoms with E-state index in [1.807, 2.05) is 0 Å². The number of amides is 2. The molecule has 0 fully saturated rings. The number of nitrogens with zero attached hydrogens (tertiary/aromatic N) is 1. The molecule has 0 aliphatic heterocycles. The molecule has 21 heavy (non-hydrogen) atoms. The van der Waals surface area contributed by atoms with Gasteiger partial charge in [-0.15, -0.1) is 0 Å². The highest BCUT2D eigenvalue weighted by atomic mass is 19.1. The number of rotatable bonds is 5. The number of esters is 1. The summed E-state index contributed by atoms with van der Waals surface area (Å²) in [6, 6.07) is 2.24. The first kappa shape index (κ1) is 16.4. The van der Waals surface area contributed by atoms with Gasteiger partial charge in [-0.2, -0.15) is 0 Å². The average Bonchev–Trinajstić information content (AvgIpc) is 2.40. The van der Waals surface area contributed by atoms with Crippen molar-refractivity contribution in [1.29, 1.82) is 0 Å². The summed E-state index contributed by atoms with van der Waals surface area (Å²) in [6.07, 6.45) is 0. The number of carbonyl (C=O) groups excluding carboxylic acids is 2. The predicted octanol–water partition coefficient (Wildman–Crippen LogP) is 1.55. The summed E-state index contributed by atoms with van der Waals surface area (Å²) in [4.78, 5) is 35.1. The van der Waals surface area contributed by atoms with E-state index in [-0.39, 0.29) is 24.4 Å². The van der Waals surface area contributed by atoms with Crippen LogP contribution in [0.25, 0.3) is 0 Å². The molecule has 1 aromatic carbocycles. The Balaban J connectivity index is 2.79. The van der Waals surface area contributed by atoms with E-state index in [0.717, 1.165) is 23.1 Å². The first-order chi connectivity index (χ1) is 9.85. The Hall–Kier alpha value is -2.64. The first-order valence-electron chi connectivity index (χ1n) is 6.05. The van der Waals surface area contributed by atoms with Crippen molar-refractivity contribution in [1.82, 2.24) is 4.90 Å². The second kappa shape index (κ2) is 7.22. The van der Waals surface area contributed by atoms with Gasteiger partial charge >= 0.3 is 18.0 Å². The molecule has 0 heterocycles. The predicted molar refractivity (Wildman–Crippen MR) is 71.6 cm³/mol. The molecule has 1 aromatic rings. The number of benzene rings is 1. The number of carboxylic acids is 1. The molecule has 0 aromatic heterocycles.